The number of primary amides is 1. The number of carbonyl (C=O) groups is 2. The van der Waals surface area contributed by atoms with Crippen LogP contribution in [0.1, 0.15) is 58.2 Å². The van der Waals surface area contributed by atoms with Crippen molar-refractivity contribution in [3.8, 4) is 0 Å². The summed E-state index contributed by atoms with van der Waals surface area (Å²) in [6.45, 7) is 7.23. The van der Waals surface area contributed by atoms with Gasteiger partial charge in [-0.15, -0.1) is 0 Å². The highest BCUT2D eigenvalue weighted by molar-refractivity contribution is 5.80. The number of hydrogen-bond donors (Lipinski definition) is 1. The number of likely N-dealkylation sites (tertiary alicyclic amines) is 1. The van der Waals surface area contributed by atoms with Crippen LogP contribution in [0.5, 0.6) is 0 Å². The summed E-state index contributed by atoms with van der Waals surface area (Å²) >= 11 is 0. The zero-order valence-corrected chi connectivity index (χ0v) is 14.2. The van der Waals surface area contributed by atoms with E-state index in [2.05, 4.69) is 10.1 Å². The molecule has 0 bridgehead atoms. The maximum absolute atomic E-state index is 12.2. The molecule has 1 aliphatic rings. The number of hydrogen-bond acceptors (Lipinski definition) is 5. The summed E-state index contributed by atoms with van der Waals surface area (Å²) in [6, 6.07) is 0. The minimum atomic E-state index is -0.317. The van der Waals surface area contributed by atoms with E-state index in [1.807, 2.05) is 20.8 Å². The molecular formula is C16H26N4O3. The molecule has 2 amide bonds. The van der Waals surface area contributed by atoms with E-state index in [4.69, 9.17) is 10.3 Å². The molecule has 1 saturated heterocycles. The molecular weight excluding hydrogens is 296 g/mol. The Balaban J connectivity index is 1.78. The lowest BCUT2D eigenvalue weighted by atomic mass is 9.96. The van der Waals surface area contributed by atoms with Gasteiger partial charge in [0.15, 0.2) is 5.82 Å². The molecule has 2 heterocycles. The molecule has 128 valence electrons. The van der Waals surface area contributed by atoms with Crippen LogP contribution in [0, 0.1) is 5.92 Å². The number of nitrogens with zero attached hydrogens (tertiary/aromatic N) is 3. The van der Waals surface area contributed by atoms with Crippen LogP contribution in [0.15, 0.2) is 4.52 Å². The molecule has 0 aliphatic carbocycles. The maximum atomic E-state index is 12.2. The fourth-order valence-electron chi connectivity index (χ4n) is 2.65. The lowest BCUT2D eigenvalue weighted by Gasteiger charge is -2.31. The minimum Gasteiger partial charge on any atom is -0.369 e. The average Bonchev–Trinajstić information content (AvgIpc) is 2.96. The van der Waals surface area contributed by atoms with Crippen LogP contribution in [0.25, 0.3) is 0 Å². The first-order valence-electron chi connectivity index (χ1n) is 8.17. The fraction of sp³-hybridized carbons (Fsp3) is 0.750. The largest absolute Gasteiger partial charge is 0.369 e. The highest BCUT2D eigenvalue weighted by Gasteiger charge is 2.26. The molecule has 0 saturated carbocycles. The van der Waals surface area contributed by atoms with E-state index < -0.39 is 0 Å². The smallest absolute Gasteiger partial charge is 0.226 e. The minimum absolute atomic E-state index is 0.0616. The molecule has 7 heteroatoms. The third-order valence-corrected chi connectivity index (χ3v) is 4.10. The van der Waals surface area contributed by atoms with Crippen LogP contribution in [-0.4, -0.2) is 39.9 Å². The molecule has 23 heavy (non-hydrogen) atoms. The molecule has 2 N–H and O–H groups in total. The van der Waals surface area contributed by atoms with Crippen LogP contribution in [-0.2, 0) is 21.4 Å². The van der Waals surface area contributed by atoms with Gasteiger partial charge in [0.2, 0.25) is 17.7 Å². The predicted octanol–water partition coefficient (Wildman–Crippen LogP) is 1.41. The quantitative estimate of drug-likeness (QED) is 0.883. The van der Waals surface area contributed by atoms with Gasteiger partial charge in [0.05, 0.1) is 5.92 Å². The van der Waals surface area contributed by atoms with E-state index in [0.717, 1.165) is 12.8 Å². The number of nitrogens with two attached hydrogens (primary N) is 1. The molecule has 1 fully saturated rings. The fourth-order valence-corrected chi connectivity index (χ4v) is 2.65. The lowest BCUT2D eigenvalue weighted by molar-refractivity contribution is -0.135. The first kappa shape index (κ1) is 17.4. The summed E-state index contributed by atoms with van der Waals surface area (Å²) in [7, 11) is 0. The number of rotatable bonds is 5. The second-order valence-corrected chi connectivity index (χ2v) is 7.20. The van der Waals surface area contributed by atoms with Gasteiger partial charge in [-0.2, -0.15) is 4.98 Å². The van der Waals surface area contributed by atoms with Crippen molar-refractivity contribution in [1.82, 2.24) is 15.0 Å². The monoisotopic (exact) mass is 322 g/mol. The second-order valence-electron chi connectivity index (χ2n) is 7.20. The normalized spacial score (nSPS) is 18.9. The Morgan fingerprint density at radius 1 is 1.39 bits per heavy atom. The Hall–Kier alpha value is -1.92. The van der Waals surface area contributed by atoms with Gasteiger partial charge in [-0.25, -0.2) is 0 Å². The summed E-state index contributed by atoms with van der Waals surface area (Å²) in [6.07, 6.45) is 3.26. The van der Waals surface area contributed by atoms with Crippen molar-refractivity contribution in [2.45, 2.75) is 58.3 Å². The third kappa shape index (κ3) is 4.77. The standard InChI is InChI=1S/C16H26N4O3/c1-16(2,3)15-18-12(23-19-15)7-4-8-13(21)20-9-5-6-11(10-20)14(17)22/h11H,4-10H2,1-3H3,(H2,17,22). The summed E-state index contributed by atoms with van der Waals surface area (Å²) in [4.78, 5) is 29.6. The van der Waals surface area contributed by atoms with Crippen LogP contribution < -0.4 is 5.73 Å². The van der Waals surface area contributed by atoms with Gasteiger partial charge in [-0.1, -0.05) is 25.9 Å². The van der Waals surface area contributed by atoms with Gasteiger partial charge in [-0.3, -0.25) is 9.59 Å². The molecule has 7 nitrogen and oxygen atoms in total. The van der Waals surface area contributed by atoms with Crippen molar-refractivity contribution in [3.63, 3.8) is 0 Å². The molecule has 1 aromatic heterocycles. The Kier molecular flexibility index (Phi) is 5.38. The molecule has 0 aromatic carbocycles. The van der Waals surface area contributed by atoms with Crippen LogP contribution in [0.3, 0.4) is 0 Å². The van der Waals surface area contributed by atoms with Crippen LogP contribution in [0.2, 0.25) is 0 Å². The number of amides is 2. The van der Waals surface area contributed by atoms with E-state index in [1.165, 1.54) is 0 Å². The molecule has 2 rings (SSSR count). The molecule has 1 aromatic rings. The van der Waals surface area contributed by atoms with Gasteiger partial charge in [0, 0.05) is 31.3 Å². The Labute approximate surface area is 136 Å². The van der Waals surface area contributed by atoms with E-state index in [1.54, 1.807) is 4.90 Å². The van der Waals surface area contributed by atoms with Crippen molar-refractivity contribution >= 4 is 11.8 Å². The molecule has 0 radical (unpaired) electrons. The van der Waals surface area contributed by atoms with Gasteiger partial charge in [0.1, 0.15) is 0 Å². The number of carbonyl (C=O) groups excluding carboxylic acids is 2. The highest BCUT2D eigenvalue weighted by atomic mass is 16.5. The Morgan fingerprint density at radius 2 is 2.13 bits per heavy atom. The first-order valence-corrected chi connectivity index (χ1v) is 8.17. The van der Waals surface area contributed by atoms with Gasteiger partial charge in [-0.05, 0) is 19.3 Å². The van der Waals surface area contributed by atoms with Gasteiger partial charge < -0.3 is 15.2 Å². The van der Waals surface area contributed by atoms with Crippen LogP contribution in [0.4, 0.5) is 0 Å². The lowest BCUT2D eigenvalue weighted by Crippen LogP contribution is -2.44. The average molecular weight is 322 g/mol. The van der Waals surface area contributed by atoms with E-state index in [-0.39, 0.29) is 23.1 Å². The van der Waals surface area contributed by atoms with E-state index >= 15 is 0 Å². The maximum Gasteiger partial charge on any atom is 0.226 e. The van der Waals surface area contributed by atoms with Crippen molar-refractivity contribution in [3.05, 3.63) is 11.7 Å². The number of aryl methyl sites for hydroxylation is 1. The Bertz CT molecular complexity index is 562. The van der Waals surface area contributed by atoms with Crippen molar-refractivity contribution < 1.29 is 14.1 Å². The summed E-state index contributed by atoms with van der Waals surface area (Å²) in [5.74, 6) is 0.781. The molecule has 0 spiro atoms. The molecule has 1 aliphatic heterocycles. The van der Waals surface area contributed by atoms with E-state index in [0.29, 0.717) is 44.1 Å². The topological polar surface area (TPSA) is 102 Å². The zero-order chi connectivity index (χ0) is 17.0. The first-order chi connectivity index (χ1) is 10.8. The van der Waals surface area contributed by atoms with Gasteiger partial charge in [0.25, 0.3) is 0 Å². The van der Waals surface area contributed by atoms with E-state index in [9.17, 15) is 9.59 Å². The molecule has 1 unspecified atom stereocenters. The number of aromatic nitrogens is 2. The van der Waals surface area contributed by atoms with Gasteiger partial charge >= 0.3 is 0 Å². The van der Waals surface area contributed by atoms with Crippen molar-refractivity contribution in [1.29, 1.82) is 0 Å². The zero-order valence-electron chi connectivity index (χ0n) is 14.2. The Morgan fingerprint density at radius 3 is 2.74 bits per heavy atom. The van der Waals surface area contributed by atoms with Crippen molar-refractivity contribution in [2.75, 3.05) is 13.1 Å². The predicted molar refractivity (Wildman–Crippen MR) is 84.4 cm³/mol. The second kappa shape index (κ2) is 7.10. The SMILES string of the molecule is CC(C)(C)c1noc(CCCC(=O)N2CCCC(C(N)=O)C2)n1. The number of piperidine rings is 1. The summed E-state index contributed by atoms with van der Waals surface area (Å²) in [5.41, 5.74) is 5.19. The third-order valence-electron chi connectivity index (χ3n) is 4.10. The van der Waals surface area contributed by atoms with Crippen LogP contribution >= 0.6 is 0 Å². The van der Waals surface area contributed by atoms with Crippen molar-refractivity contribution in [2.24, 2.45) is 11.7 Å². The summed E-state index contributed by atoms with van der Waals surface area (Å²) in [5, 5.41) is 3.97. The molecule has 1 atom stereocenters. The highest BCUT2D eigenvalue weighted by Crippen LogP contribution is 2.20. The summed E-state index contributed by atoms with van der Waals surface area (Å²) < 4.78 is 5.22.